The molecule has 1 saturated carbocycles. The molecule has 0 radical (unpaired) electrons. The van der Waals surface area contributed by atoms with Gasteiger partial charge in [-0.2, -0.15) is 5.48 Å². The van der Waals surface area contributed by atoms with Crippen molar-refractivity contribution < 1.29 is 14.0 Å². The second-order valence-corrected chi connectivity index (χ2v) is 4.76. The number of hydrogen-bond acceptors (Lipinski definition) is 3. The number of rotatable bonds is 5. The Morgan fingerprint density at radius 3 is 2.67 bits per heavy atom. The van der Waals surface area contributed by atoms with Crippen LogP contribution in [0.4, 0.5) is 4.39 Å². The first-order valence-electron chi connectivity index (χ1n) is 6.45. The van der Waals surface area contributed by atoms with Gasteiger partial charge >= 0.3 is 0 Å². The lowest BCUT2D eigenvalue weighted by molar-refractivity contribution is -0.0377. The number of hydrogen-bond donors (Lipinski definition) is 1. The van der Waals surface area contributed by atoms with Crippen molar-refractivity contribution in [1.29, 1.82) is 0 Å². The minimum Gasteiger partial charge on any atom is -0.494 e. The van der Waals surface area contributed by atoms with Gasteiger partial charge in [-0.05, 0) is 37.5 Å². The molecule has 18 heavy (non-hydrogen) atoms. The van der Waals surface area contributed by atoms with Crippen molar-refractivity contribution in [2.24, 2.45) is 0 Å². The maximum absolute atomic E-state index is 13.6. The van der Waals surface area contributed by atoms with Crippen LogP contribution in [0.25, 0.3) is 0 Å². The number of ether oxygens (including phenoxy) is 1. The zero-order chi connectivity index (χ0) is 13.0. The maximum atomic E-state index is 13.6. The van der Waals surface area contributed by atoms with E-state index >= 15 is 0 Å². The van der Waals surface area contributed by atoms with Gasteiger partial charge in [0.15, 0.2) is 11.6 Å². The summed E-state index contributed by atoms with van der Waals surface area (Å²) < 4.78 is 18.5. The van der Waals surface area contributed by atoms with Gasteiger partial charge in [0.25, 0.3) is 0 Å². The summed E-state index contributed by atoms with van der Waals surface area (Å²) in [6, 6.07) is 4.93. The molecular formula is C14H20FNO2. The normalized spacial score (nSPS) is 17.9. The lowest BCUT2D eigenvalue weighted by Crippen LogP contribution is -2.24. The lowest BCUT2D eigenvalue weighted by atomic mass is 10.1. The molecule has 1 N–H and O–H groups in total. The van der Waals surface area contributed by atoms with Crippen LogP contribution >= 0.6 is 0 Å². The highest BCUT2D eigenvalue weighted by Gasteiger charge is 2.17. The van der Waals surface area contributed by atoms with Crippen LogP contribution in [0.5, 0.6) is 5.75 Å². The van der Waals surface area contributed by atoms with E-state index in [0.29, 0.717) is 6.10 Å². The lowest BCUT2D eigenvalue weighted by Gasteiger charge is -2.18. The fraction of sp³-hybridized carbons (Fsp3) is 0.571. The van der Waals surface area contributed by atoms with Gasteiger partial charge in [0.1, 0.15) is 0 Å². The van der Waals surface area contributed by atoms with Crippen molar-refractivity contribution in [2.75, 3.05) is 7.11 Å². The molecule has 100 valence electrons. The Balaban J connectivity index is 1.91. The highest BCUT2D eigenvalue weighted by Crippen LogP contribution is 2.24. The average Bonchev–Trinajstić information content (AvgIpc) is 2.89. The van der Waals surface area contributed by atoms with E-state index in [0.717, 1.165) is 18.4 Å². The van der Waals surface area contributed by atoms with Crippen molar-refractivity contribution in [3.63, 3.8) is 0 Å². The Labute approximate surface area is 107 Å². The summed E-state index contributed by atoms with van der Waals surface area (Å²) in [7, 11) is 1.46. The molecule has 0 aliphatic heterocycles. The van der Waals surface area contributed by atoms with Gasteiger partial charge in [-0.1, -0.05) is 18.9 Å². The van der Waals surface area contributed by atoms with Crippen LogP contribution in [0.3, 0.4) is 0 Å². The number of methoxy groups -OCH3 is 1. The van der Waals surface area contributed by atoms with Crippen LogP contribution < -0.4 is 10.2 Å². The van der Waals surface area contributed by atoms with Gasteiger partial charge in [-0.3, -0.25) is 4.84 Å². The minimum atomic E-state index is -0.343. The summed E-state index contributed by atoms with van der Waals surface area (Å²) in [6.45, 7) is 1.95. The summed E-state index contributed by atoms with van der Waals surface area (Å²) in [5.74, 6) is -0.0767. The van der Waals surface area contributed by atoms with Crippen molar-refractivity contribution in [1.82, 2.24) is 5.48 Å². The second kappa shape index (κ2) is 6.16. The molecule has 0 saturated heterocycles. The molecule has 1 aromatic carbocycles. The molecule has 1 fully saturated rings. The van der Waals surface area contributed by atoms with Gasteiger partial charge in [0.2, 0.25) is 0 Å². The molecule has 0 bridgehead atoms. The molecule has 1 atom stereocenters. The first-order valence-corrected chi connectivity index (χ1v) is 6.45. The molecular weight excluding hydrogens is 233 g/mol. The number of benzene rings is 1. The predicted molar refractivity (Wildman–Crippen MR) is 67.8 cm³/mol. The summed E-state index contributed by atoms with van der Waals surface area (Å²) in [5, 5.41) is 0. The molecule has 0 amide bonds. The quantitative estimate of drug-likeness (QED) is 0.816. The van der Waals surface area contributed by atoms with Crippen LogP contribution in [0, 0.1) is 5.82 Å². The third-order valence-electron chi connectivity index (χ3n) is 3.39. The van der Waals surface area contributed by atoms with Crippen molar-refractivity contribution in [3.8, 4) is 5.75 Å². The minimum absolute atomic E-state index is 0.0361. The summed E-state index contributed by atoms with van der Waals surface area (Å²) in [4.78, 5) is 5.61. The van der Waals surface area contributed by atoms with Crippen LogP contribution in [-0.2, 0) is 4.84 Å². The van der Waals surface area contributed by atoms with Crippen LogP contribution in [0.2, 0.25) is 0 Å². The molecule has 2 rings (SSSR count). The van der Waals surface area contributed by atoms with E-state index in [4.69, 9.17) is 9.57 Å². The summed E-state index contributed by atoms with van der Waals surface area (Å²) in [5.41, 5.74) is 3.85. The second-order valence-electron chi connectivity index (χ2n) is 4.76. The van der Waals surface area contributed by atoms with Gasteiger partial charge in [-0.25, -0.2) is 4.39 Å². The van der Waals surface area contributed by atoms with E-state index in [1.807, 2.05) is 13.0 Å². The maximum Gasteiger partial charge on any atom is 0.165 e. The van der Waals surface area contributed by atoms with E-state index < -0.39 is 0 Å². The third kappa shape index (κ3) is 3.21. The summed E-state index contributed by atoms with van der Waals surface area (Å²) in [6.07, 6.45) is 4.99. The fourth-order valence-corrected chi connectivity index (χ4v) is 2.22. The van der Waals surface area contributed by atoms with Crippen LogP contribution in [0.15, 0.2) is 18.2 Å². The molecule has 1 aliphatic carbocycles. The Hall–Kier alpha value is -1.13. The highest BCUT2D eigenvalue weighted by atomic mass is 19.1. The molecule has 4 heteroatoms. The summed E-state index contributed by atoms with van der Waals surface area (Å²) >= 11 is 0. The van der Waals surface area contributed by atoms with Gasteiger partial charge < -0.3 is 4.74 Å². The van der Waals surface area contributed by atoms with Crippen molar-refractivity contribution >= 4 is 0 Å². The molecule has 1 aliphatic rings. The van der Waals surface area contributed by atoms with Crippen LogP contribution in [-0.4, -0.2) is 13.2 Å². The fourth-order valence-electron chi connectivity index (χ4n) is 2.22. The predicted octanol–water partition coefficient (Wildman–Crippen LogP) is 3.36. The molecule has 1 aromatic rings. The molecule has 3 nitrogen and oxygen atoms in total. The van der Waals surface area contributed by atoms with Crippen molar-refractivity contribution in [3.05, 3.63) is 29.6 Å². The van der Waals surface area contributed by atoms with E-state index in [9.17, 15) is 4.39 Å². The molecule has 0 heterocycles. The van der Waals surface area contributed by atoms with E-state index in [1.165, 1.54) is 26.0 Å². The van der Waals surface area contributed by atoms with E-state index in [2.05, 4.69) is 5.48 Å². The van der Waals surface area contributed by atoms with E-state index in [-0.39, 0.29) is 17.6 Å². The highest BCUT2D eigenvalue weighted by molar-refractivity contribution is 5.30. The van der Waals surface area contributed by atoms with Crippen LogP contribution in [0.1, 0.15) is 44.2 Å². The Morgan fingerprint density at radius 2 is 2.06 bits per heavy atom. The van der Waals surface area contributed by atoms with Gasteiger partial charge in [0, 0.05) is 0 Å². The number of nitrogens with one attached hydrogen (secondary N) is 1. The van der Waals surface area contributed by atoms with Crippen molar-refractivity contribution in [2.45, 2.75) is 44.8 Å². The molecule has 0 spiro atoms. The first-order chi connectivity index (χ1) is 8.70. The smallest absolute Gasteiger partial charge is 0.165 e. The zero-order valence-electron chi connectivity index (χ0n) is 10.9. The topological polar surface area (TPSA) is 30.5 Å². The largest absolute Gasteiger partial charge is 0.494 e. The standard InChI is InChI=1S/C14H20FNO2/c1-10(16-18-12-5-3-4-6-12)11-7-8-14(17-2)13(15)9-11/h7-10,12,16H,3-6H2,1-2H3. The Morgan fingerprint density at radius 1 is 1.33 bits per heavy atom. The first kappa shape index (κ1) is 13.3. The van der Waals surface area contributed by atoms with Gasteiger partial charge in [0.05, 0.1) is 19.3 Å². The van der Waals surface area contributed by atoms with Gasteiger partial charge in [-0.15, -0.1) is 0 Å². The number of hydroxylamine groups is 1. The number of halogens is 1. The monoisotopic (exact) mass is 253 g/mol. The van der Waals surface area contributed by atoms with E-state index in [1.54, 1.807) is 6.07 Å². The average molecular weight is 253 g/mol. The third-order valence-corrected chi connectivity index (χ3v) is 3.39. The Bertz CT molecular complexity index is 391. The SMILES string of the molecule is COc1ccc(C(C)NOC2CCCC2)cc1F. The molecule has 0 aromatic heterocycles. The zero-order valence-corrected chi connectivity index (χ0v) is 10.9. The molecule has 1 unspecified atom stereocenters. The Kier molecular flexibility index (Phi) is 4.55.